The third-order valence-corrected chi connectivity index (χ3v) is 7.97. The number of hydrogen-bond donors (Lipinski definition) is 1. The Kier molecular flexibility index (Phi) is 7.09. The van der Waals surface area contributed by atoms with Crippen LogP contribution in [0.15, 0.2) is 52.7 Å². The van der Waals surface area contributed by atoms with Crippen LogP contribution in [0.25, 0.3) is 0 Å². The summed E-state index contributed by atoms with van der Waals surface area (Å²) >= 11 is 1.12. The van der Waals surface area contributed by atoms with Crippen molar-refractivity contribution in [1.29, 1.82) is 0 Å². The first-order valence-electron chi connectivity index (χ1n) is 11.1. The predicted molar refractivity (Wildman–Crippen MR) is 130 cm³/mol. The van der Waals surface area contributed by atoms with Gasteiger partial charge < -0.3 is 4.90 Å². The molecule has 3 aromatic rings. The topological polar surface area (TPSA) is 92.3 Å². The number of hydrogen-bond acceptors (Lipinski definition) is 6. The van der Waals surface area contributed by atoms with Gasteiger partial charge in [-0.15, -0.1) is 11.3 Å². The van der Waals surface area contributed by atoms with Gasteiger partial charge >= 0.3 is 0 Å². The first-order chi connectivity index (χ1) is 15.8. The van der Waals surface area contributed by atoms with Crippen molar-refractivity contribution in [2.24, 2.45) is 0 Å². The Labute approximate surface area is 199 Å². The quantitative estimate of drug-likeness (QED) is 0.553. The van der Waals surface area contributed by atoms with E-state index >= 15 is 0 Å². The zero-order valence-corrected chi connectivity index (χ0v) is 20.5. The molecule has 1 amide bonds. The monoisotopic (exact) mass is 484 g/mol. The summed E-state index contributed by atoms with van der Waals surface area (Å²) in [7, 11) is -3.75. The summed E-state index contributed by atoms with van der Waals surface area (Å²) in [6, 6.07) is 12.3. The van der Waals surface area contributed by atoms with Gasteiger partial charge in [-0.1, -0.05) is 31.0 Å². The number of carbonyl (C=O) groups excluding carboxylic acids is 1. The highest BCUT2D eigenvalue weighted by Crippen LogP contribution is 2.25. The number of likely N-dealkylation sites (tertiary alicyclic amines) is 1. The van der Waals surface area contributed by atoms with E-state index in [1.54, 1.807) is 23.6 Å². The van der Waals surface area contributed by atoms with Gasteiger partial charge in [0.2, 0.25) is 0 Å². The lowest BCUT2D eigenvalue weighted by atomic mass is 10.0. The van der Waals surface area contributed by atoms with Gasteiger partial charge in [-0.05, 0) is 56.5 Å². The average Bonchev–Trinajstić information content (AvgIpc) is 3.10. The van der Waals surface area contributed by atoms with Crippen LogP contribution in [0.5, 0.6) is 0 Å². The fraction of sp³-hybridized carbons (Fsp3) is 0.375. The van der Waals surface area contributed by atoms with Crippen molar-refractivity contribution in [3.05, 3.63) is 70.5 Å². The van der Waals surface area contributed by atoms with Gasteiger partial charge in [0, 0.05) is 35.8 Å². The molecule has 1 aliphatic heterocycles. The van der Waals surface area contributed by atoms with Crippen LogP contribution in [0, 0.1) is 13.8 Å². The van der Waals surface area contributed by atoms with E-state index in [1.807, 2.05) is 17.9 Å². The molecule has 0 saturated carbocycles. The van der Waals surface area contributed by atoms with Gasteiger partial charge in [-0.2, -0.15) is 0 Å². The molecule has 1 aliphatic rings. The first kappa shape index (κ1) is 23.4. The third kappa shape index (κ3) is 5.78. The van der Waals surface area contributed by atoms with Crippen LogP contribution in [0.3, 0.4) is 0 Å². The van der Waals surface area contributed by atoms with Gasteiger partial charge in [-0.3, -0.25) is 14.5 Å². The number of aryl methyl sites for hydroxylation is 2. The molecular formula is C24H28N4O3S2. The molecule has 0 aliphatic carbocycles. The Morgan fingerprint density at radius 2 is 1.91 bits per heavy atom. The summed E-state index contributed by atoms with van der Waals surface area (Å²) in [6.07, 6.45) is 4.71. The number of rotatable bonds is 6. The molecule has 1 N–H and O–H groups in total. The Hall–Kier alpha value is -2.78. The van der Waals surface area contributed by atoms with Crippen LogP contribution in [0.4, 0.5) is 5.13 Å². The van der Waals surface area contributed by atoms with Crippen LogP contribution < -0.4 is 4.72 Å². The highest BCUT2D eigenvalue weighted by Gasteiger charge is 2.29. The molecule has 1 saturated heterocycles. The van der Waals surface area contributed by atoms with Crippen LogP contribution in [0.1, 0.15) is 53.1 Å². The van der Waals surface area contributed by atoms with E-state index in [0.717, 1.165) is 48.4 Å². The zero-order valence-electron chi connectivity index (χ0n) is 18.8. The molecule has 0 radical (unpaired) electrons. The smallest absolute Gasteiger partial charge is 0.273 e. The van der Waals surface area contributed by atoms with E-state index in [-0.39, 0.29) is 27.7 Å². The van der Waals surface area contributed by atoms with E-state index in [4.69, 9.17) is 0 Å². The number of anilines is 1. The number of benzene rings is 1. The van der Waals surface area contributed by atoms with Gasteiger partial charge in [0.05, 0.1) is 4.90 Å². The number of amides is 1. The van der Waals surface area contributed by atoms with Crippen molar-refractivity contribution in [3.8, 4) is 0 Å². The van der Waals surface area contributed by atoms with E-state index in [2.05, 4.69) is 27.7 Å². The lowest BCUT2D eigenvalue weighted by molar-refractivity contribution is 0.0676. The number of sulfonamides is 1. The fourth-order valence-corrected chi connectivity index (χ4v) is 6.23. The number of nitrogens with one attached hydrogen (secondary N) is 1. The van der Waals surface area contributed by atoms with Gasteiger partial charge in [0.15, 0.2) is 5.13 Å². The highest BCUT2D eigenvalue weighted by molar-refractivity contribution is 7.93. The molecule has 7 nitrogen and oxygen atoms in total. The van der Waals surface area contributed by atoms with Crippen molar-refractivity contribution >= 4 is 32.4 Å². The first-order valence-corrected chi connectivity index (χ1v) is 13.5. The van der Waals surface area contributed by atoms with E-state index < -0.39 is 10.0 Å². The lowest BCUT2D eigenvalue weighted by Crippen LogP contribution is -2.41. The molecule has 1 aromatic carbocycles. The molecule has 0 bridgehead atoms. The van der Waals surface area contributed by atoms with Crippen molar-refractivity contribution in [3.63, 3.8) is 0 Å². The highest BCUT2D eigenvalue weighted by atomic mass is 32.2. The zero-order chi connectivity index (χ0) is 23.4. The Morgan fingerprint density at radius 3 is 2.67 bits per heavy atom. The van der Waals surface area contributed by atoms with Crippen LogP contribution in [-0.4, -0.2) is 41.8 Å². The number of carbonyl (C=O) groups is 1. The van der Waals surface area contributed by atoms with Crippen molar-refractivity contribution in [2.75, 3.05) is 11.3 Å². The van der Waals surface area contributed by atoms with Gasteiger partial charge in [0.25, 0.3) is 15.9 Å². The number of nitrogens with zero attached hydrogens (tertiary/aromatic N) is 3. The fourth-order valence-electron chi connectivity index (χ4n) is 4.27. The molecule has 1 unspecified atom stereocenters. The molecule has 2 aromatic heterocycles. The van der Waals surface area contributed by atoms with Crippen LogP contribution in [0.2, 0.25) is 0 Å². The molecule has 0 spiro atoms. The summed E-state index contributed by atoms with van der Waals surface area (Å²) in [4.78, 5) is 24.5. The lowest BCUT2D eigenvalue weighted by Gasteiger charge is -2.29. The summed E-state index contributed by atoms with van der Waals surface area (Å²) in [5, 5.41) is 1.81. The largest absolute Gasteiger partial charge is 0.334 e. The maximum absolute atomic E-state index is 13.4. The summed E-state index contributed by atoms with van der Waals surface area (Å²) in [6.45, 7) is 4.71. The number of thiazole rings is 1. The van der Waals surface area contributed by atoms with Crippen molar-refractivity contribution in [1.82, 2.24) is 14.9 Å². The minimum atomic E-state index is -3.75. The SMILES string of the molecule is Cc1cc(C)nc(CC2CCCCCN2C(=O)c2csc(NS(=O)(=O)c3ccccc3)n2)c1. The Morgan fingerprint density at radius 1 is 1.12 bits per heavy atom. The predicted octanol–water partition coefficient (Wildman–Crippen LogP) is 4.58. The van der Waals surface area contributed by atoms with Gasteiger partial charge in [0.1, 0.15) is 5.69 Å². The second kappa shape index (κ2) is 10.0. The van der Waals surface area contributed by atoms with Crippen LogP contribution >= 0.6 is 11.3 Å². The molecule has 1 fully saturated rings. The van der Waals surface area contributed by atoms with Crippen LogP contribution in [-0.2, 0) is 16.4 Å². The maximum Gasteiger partial charge on any atom is 0.273 e. The third-order valence-electron chi connectivity index (χ3n) is 5.73. The van der Waals surface area contributed by atoms with Gasteiger partial charge in [-0.25, -0.2) is 13.4 Å². The molecule has 9 heteroatoms. The molecule has 3 heterocycles. The Bertz CT molecular complexity index is 1210. The van der Waals surface area contributed by atoms with E-state index in [1.165, 1.54) is 17.7 Å². The summed E-state index contributed by atoms with van der Waals surface area (Å²) in [5.74, 6) is -0.160. The summed E-state index contributed by atoms with van der Waals surface area (Å²) in [5.41, 5.74) is 3.41. The molecule has 4 rings (SSSR count). The minimum Gasteiger partial charge on any atom is -0.334 e. The molecular weight excluding hydrogens is 456 g/mol. The number of aromatic nitrogens is 2. The number of pyridine rings is 1. The van der Waals surface area contributed by atoms with Crippen molar-refractivity contribution < 1.29 is 13.2 Å². The Balaban J connectivity index is 1.52. The normalized spacial score (nSPS) is 16.9. The minimum absolute atomic E-state index is 0.0415. The van der Waals surface area contributed by atoms with E-state index in [0.29, 0.717) is 13.0 Å². The van der Waals surface area contributed by atoms with E-state index in [9.17, 15) is 13.2 Å². The average molecular weight is 485 g/mol. The second-order valence-electron chi connectivity index (χ2n) is 8.44. The second-order valence-corrected chi connectivity index (χ2v) is 11.0. The molecule has 174 valence electrons. The molecule has 1 atom stereocenters. The van der Waals surface area contributed by atoms with Crippen molar-refractivity contribution in [2.45, 2.75) is 56.9 Å². The molecule has 33 heavy (non-hydrogen) atoms. The standard InChI is InChI=1S/C24H28N4O3S2/c1-17-13-18(2)25-19(14-17)15-20-9-5-4-8-12-28(20)23(29)22-16-32-24(26-22)27-33(30,31)21-10-6-3-7-11-21/h3,6-7,10-11,13-14,16,20H,4-5,8-9,12,15H2,1-2H3,(H,26,27). The maximum atomic E-state index is 13.4. The summed E-state index contributed by atoms with van der Waals surface area (Å²) < 4.78 is 27.7.